The number of hydrogen-bond acceptors (Lipinski definition) is 18. The highest BCUT2D eigenvalue weighted by Gasteiger charge is 2.46. The molecule has 3 aromatic carbocycles. The van der Waals surface area contributed by atoms with Crippen molar-refractivity contribution in [2.75, 3.05) is 116 Å². The van der Waals surface area contributed by atoms with Gasteiger partial charge in [-0.05, 0) is 80.1 Å². The number of benzene rings is 3. The van der Waals surface area contributed by atoms with Crippen LogP contribution < -0.4 is 26.4 Å². The van der Waals surface area contributed by atoms with E-state index in [4.69, 9.17) is 44.0 Å². The molecule has 78 heavy (non-hydrogen) atoms. The van der Waals surface area contributed by atoms with Crippen LogP contribution in [-0.2, 0) is 44.6 Å². The van der Waals surface area contributed by atoms with E-state index in [-0.39, 0.29) is 47.5 Å². The molecule has 2 aromatic heterocycles. The molecule has 9 rings (SSSR count). The van der Waals surface area contributed by atoms with Gasteiger partial charge in [-0.2, -0.15) is 5.10 Å². The van der Waals surface area contributed by atoms with Gasteiger partial charge in [0, 0.05) is 43.9 Å². The summed E-state index contributed by atoms with van der Waals surface area (Å²) in [7, 11) is 0. The highest BCUT2D eigenvalue weighted by atomic mass is 16.6. The first-order valence-electron chi connectivity index (χ1n) is 26.4. The van der Waals surface area contributed by atoms with Crippen molar-refractivity contribution >= 4 is 46.9 Å². The number of imide groups is 2. The third kappa shape index (κ3) is 13.7. The lowest BCUT2D eigenvalue weighted by atomic mass is 9.86. The van der Waals surface area contributed by atoms with Gasteiger partial charge < -0.3 is 54.4 Å². The quantitative estimate of drug-likeness (QED) is 0.0393. The fourth-order valence-corrected chi connectivity index (χ4v) is 9.92. The first kappa shape index (κ1) is 55.2. The Hall–Kier alpha value is -7.61. The largest absolute Gasteiger partial charge is 0.457 e. The summed E-state index contributed by atoms with van der Waals surface area (Å²) in [6.45, 7) is 7.19. The third-order valence-corrected chi connectivity index (χ3v) is 13.8. The van der Waals surface area contributed by atoms with Gasteiger partial charge in [0.1, 0.15) is 34.6 Å². The zero-order valence-electron chi connectivity index (χ0n) is 43.3. The molecule has 4 aliphatic rings. The van der Waals surface area contributed by atoms with Crippen molar-refractivity contribution in [2.24, 2.45) is 11.7 Å². The second kappa shape index (κ2) is 27.1. The summed E-state index contributed by atoms with van der Waals surface area (Å²) in [5.74, 6) is -0.674. The number of nitrogens with two attached hydrogens (primary N) is 1. The average molecular weight is 1080 g/mol. The number of primary amides is 1. The zero-order chi connectivity index (χ0) is 54.2. The molecule has 5 N–H and O–H groups in total. The molecule has 4 aliphatic heterocycles. The number of fused-ring (bicyclic) bond motifs is 2. The molecule has 414 valence electrons. The lowest BCUT2D eigenvalue weighted by Crippen LogP contribution is -2.54. The second-order valence-corrected chi connectivity index (χ2v) is 18.9. The van der Waals surface area contributed by atoms with Gasteiger partial charge in [0.05, 0.1) is 109 Å². The third-order valence-electron chi connectivity index (χ3n) is 13.8. The molecule has 24 nitrogen and oxygen atoms in total. The molecule has 6 heterocycles. The Labute approximate surface area is 450 Å². The molecular weight excluding hydrogens is 1010 g/mol. The van der Waals surface area contributed by atoms with Crippen LogP contribution in [0, 0.1) is 5.92 Å². The number of nitrogens with one attached hydrogen (secondary N) is 3. The molecule has 2 atom stereocenters. The summed E-state index contributed by atoms with van der Waals surface area (Å²) >= 11 is 0. The Morgan fingerprint density at radius 1 is 0.705 bits per heavy atom. The maximum Gasteiger partial charge on any atom is 0.276 e. The summed E-state index contributed by atoms with van der Waals surface area (Å²) in [5, 5.41) is 22.0. The SMILES string of the molecule is NC(=O)c1c(-c2ccc(Oc3ccccc3)cc2)nn2c1NCC[C@H]2C1CCN(C(=O)c2cn(CCOCCOCCOCCOCCOCCOCCNc3cccc4c3C(=O)N(C3CCC(=O)NC3=O)C4=O)nn2)CC1. The van der Waals surface area contributed by atoms with E-state index < -0.39 is 35.6 Å². The van der Waals surface area contributed by atoms with Crippen molar-refractivity contribution in [1.29, 1.82) is 0 Å². The van der Waals surface area contributed by atoms with Gasteiger partial charge in [0.2, 0.25) is 11.8 Å². The number of piperidine rings is 2. The Morgan fingerprint density at radius 2 is 1.35 bits per heavy atom. The van der Waals surface area contributed by atoms with Gasteiger partial charge in [-0.3, -0.25) is 39.0 Å². The number of anilines is 2. The van der Waals surface area contributed by atoms with Crippen LogP contribution >= 0.6 is 0 Å². The van der Waals surface area contributed by atoms with E-state index in [1.54, 1.807) is 29.1 Å². The maximum absolute atomic E-state index is 13.5. The normalized spacial score (nSPS) is 17.4. The van der Waals surface area contributed by atoms with Gasteiger partial charge in [0.25, 0.3) is 23.6 Å². The Bertz CT molecular complexity index is 2870. The predicted octanol–water partition coefficient (Wildman–Crippen LogP) is 3.55. The van der Waals surface area contributed by atoms with E-state index in [0.717, 1.165) is 35.5 Å². The van der Waals surface area contributed by atoms with Crippen LogP contribution in [0.3, 0.4) is 0 Å². The molecular formula is C54H65N11O13. The molecule has 24 heteroatoms. The Balaban J connectivity index is 0.570. The summed E-state index contributed by atoms with van der Waals surface area (Å²) in [4.78, 5) is 79.3. The van der Waals surface area contributed by atoms with Crippen LogP contribution in [0.5, 0.6) is 11.5 Å². The smallest absolute Gasteiger partial charge is 0.276 e. The van der Waals surface area contributed by atoms with E-state index in [0.29, 0.717) is 141 Å². The van der Waals surface area contributed by atoms with E-state index in [1.165, 1.54) is 0 Å². The average Bonchev–Trinajstić information content (AvgIpc) is 4.39. The highest BCUT2D eigenvalue weighted by Crippen LogP contribution is 2.40. The number of nitrogens with zero attached hydrogens (tertiary/aromatic N) is 7. The fourth-order valence-electron chi connectivity index (χ4n) is 9.92. The monoisotopic (exact) mass is 1080 g/mol. The summed E-state index contributed by atoms with van der Waals surface area (Å²) in [5.41, 5.74) is 8.75. The van der Waals surface area contributed by atoms with Crippen molar-refractivity contribution in [3.8, 4) is 22.8 Å². The molecule has 2 saturated heterocycles. The number of amides is 6. The topological polar surface area (TPSA) is 284 Å². The van der Waals surface area contributed by atoms with E-state index in [9.17, 15) is 28.8 Å². The van der Waals surface area contributed by atoms with Crippen molar-refractivity contribution in [3.63, 3.8) is 0 Å². The zero-order valence-corrected chi connectivity index (χ0v) is 43.3. The molecule has 5 aromatic rings. The minimum Gasteiger partial charge on any atom is -0.457 e. The summed E-state index contributed by atoms with van der Waals surface area (Å²) in [6.07, 6.45) is 4.15. The van der Waals surface area contributed by atoms with Crippen molar-refractivity contribution in [2.45, 2.75) is 50.7 Å². The molecule has 0 spiro atoms. The minimum absolute atomic E-state index is 0.0304. The molecule has 2 fully saturated rings. The van der Waals surface area contributed by atoms with E-state index in [1.807, 2.05) is 64.2 Å². The molecule has 0 saturated carbocycles. The van der Waals surface area contributed by atoms with Crippen LogP contribution in [0.2, 0.25) is 0 Å². The Morgan fingerprint density at radius 3 is 2.00 bits per heavy atom. The lowest BCUT2D eigenvalue weighted by Gasteiger charge is -2.38. The summed E-state index contributed by atoms with van der Waals surface area (Å²) in [6, 6.07) is 20.9. The van der Waals surface area contributed by atoms with E-state index in [2.05, 4.69) is 26.3 Å². The van der Waals surface area contributed by atoms with Crippen LogP contribution in [-0.4, -0.2) is 182 Å². The number of para-hydroxylation sites is 1. The predicted molar refractivity (Wildman–Crippen MR) is 280 cm³/mol. The van der Waals surface area contributed by atoms with Crippen molar-refractivity contribution < 1.29 is 61.9 Å². The number of carbonyl (C=O) groups excluding carboxylic acids is 6. The second-order valence-electron chi connectivity index (χ2n) is 18.9. The highest BCUT2D eigenvalue weighted by molar-refractivity contribution is 6.25. The maximum atomic E-state index is 13.5. The molecule has 0 radical (unpaired) electrons. The van der Waals surface area contributed by atoms with Crippen LogP contribution in [0.4, 0.5) is 11.5 Å². The summed E-state index contributed by atoms with van der Waals surface area (Å²) < 4.78 is 43.1. The van der Waals surface area contributed by atoms with Gasteiger partial charge in [-0.25, -0.2) is 9.36 Å². The number of likely N-dealkylation sites (tertiary alicyclic amines) is 1. The molecule has 6 amide bonds. The lowest BCUT2D eigenvalue weighted by molar-refractivity contribution is -0.136. The first-order chi connectivity index (χ1) is 38.1. The molecule has 1 unspecified atom stereocenters. The van der Waals surface area contributed by atoms with Gasteiger partial charge >= 0.3 is 0 Å². The number of ether oxygens (including phenoxy) is 7. The van der Waals surface area contributed by atoms with Gasteiger partial charge in [-0.1, -0.05) is 29.5 Å². The molecule has 0 bridgehead atoms. The van der Waals surface area contributed by atoms with Crippen molar-refractivity contribution in [1.82, 2.24) is 39.9 Å². The number of carbonyl (C=O) groups is 6. The van der Waals surface area contributed by atoms with Gasteiger partial charge in [-0.15, -0.1) is 5.10 Å². The van der Waals surface area contributed by atoms with Crippen molar-refractivity contribution in [3.05, 3.63) is 101 Å². The number of hydrogen-bond donors (Lipinski definition) is 4. The van der Waals surface area contributed by atoms with Gasteiger partial charge in [0.15, 0.2) is 5.69 Å². The first-order valence-corrected chi connectivity index (χ1v) is 26.4. The van der Waals surface area contributed by atoms with Crippen LogP contribution in [0.25, 0.3) is 11.3 Å². The fraction of sp³-hybridized carbons (Fsp3) is 0.463. The minimum atomic E-state index is -1.03. The van der Waals surface area contributed by atoms with Crippen LogP contribution in [0.1, 0.15) is 79.7 Å². The number of rotatable bonds is 29. The Kier molecular flexibility index (Phi) is 19.2. The van der Waals surface area contributed by atoms with E-state index >= 15 is 0 Å². The number of aromatic nitrogens is 5. The van der Waals surface area contributed by atoms with Crippen LogP contribution in [0.15, 0.2) is 79.0 Å². The standard InChI is InChI=1S/C54H65N11O13/c55-49(67)47-48(37-9-11-39(12-10-37)78-38-5-2-1-3-6-38)60-65-43(15-18-57-50(47)65)36-16-20-62(21-17-36)53(70)42-35-63(61-59-42)22-24-73-26-28-75-30-32-77-34-33-76-31-29-74-27-25-72-23-19-56-41-8-4-7-40-46(41)54(71)64(52(40)69)44-13-14-45(66)58-51(44)68/h1-12,35-36,43-44,56-57H,13-34H2,(H2,55,67)(H,58,66,68)/t43-,44?/m0/s1. The molecule has 0 aliphatic carbocycles.